The van der Waals surface area contributed by atoms with Crippen LogP contribution >= 0.6 is 0 Å². The second kappa shape index (κ2) is 8.68. The van der Waals surface area contributed by atoms with Gasteiger partial charge in [-0.05, 0) is 60.0 Å². The number of nitrogens with one attached hydrogen (secondary N) is 3. The third kappa shape index (κ3) is 4.11. The summed E-state index contributed by atoms with van der Waals surface area (Å²) in [5.74, 6) is -0.340. The maximum absolute atomic E-state index is 13.4. The number of H-pyrrole nitrogens is 2. The minimum atomic E-state index is -0.777. The first-order valence-corrected chi connectivity index (χ1v) is 10.5. The molecule has 3 heterocycles. The number of hydrogen-bond acceptors (Lipinski definition) is 4. The summed E-state index contributed by atoms with van der Waals surface area (Å²) >= 11 is 0. The number of carbonyl (C=O) groups excluding carboxylic acids is 1. The first kappa shape index (κ1) is 20.6. The van der Waals surface area contributed by atoms with Gasteiger partial charge in [-0.3, -0.25) is 14.9 Å². The molecule has 5 aromatic rings. The summed E-state index contributed by atoms with van der Waals surface area (Å²) in [6.07, 6.45) is 5.56. The number of halogens is 1. The van der Waals surface area contributed by atoms with E-state index in [4.69, 9.17) is 5.73 Å². The van der Waals surface area contributed by atoms with E-state index in [0.717, 1.165) is 27.6 Å². The number of nitrogens with two attached hydrogens (primary N) is 1. The second-order valence-electron chi connectivity index (χ2n) is 7.72. The van der Waals surface area contributed by atoms with Gasteiger partial charge in [-0.2, -0.15) is 5.10 Å². The van der Waals surface area contributed by atoms with Gasteiger partial charge < -0.3 is 16.0 Å². The number of aromatic nitrogens is 4. The molecule has 0 spiro atoms. The number of anilines is 1. The molecule has 0 aliphatic heterocycles. The van der Waals surface area contributed by atoms with Crippen LogP contribution in [-0.2, 0) is 11.2 Å². The molecule has 1 amide bonds. The SMILES string of the molecule is NC(Cc1c[nH]c2ccccc12)C(=O)Nc1n[nH]c(-c2ccc(F)cc2)c1-c1ccncc1. The summed E-state index contributed by atoms with van der Waals surface area (Å²) in [6, 6.07) is 16.8. The number of benzene rings is 2. The summed E-state index contributed by atoms with van der Waals surface area (Å²) in [4.78, 5) is 20.3. The molecule has 5 N–H and O–H groups in total. The van der Waals surface area contributed by atoms with Crippen molar-refractivity contribution in [1.82, 2.24) is 20.2 Å². The van der Waals surface area contributed by atoms with Crippen molar-refractivity contribution in [3.05, 3.63) is 90.6 Å². The first-order chi connectivity index (χ1) is 16.1. The molecule has 0 aliphatic rings. The van der Waals surface area contributed by atoms with Crippen LogP contribution in [0.3, 0.4) is 0 Å². The van der Waals surface area contributed by atoms with E-state index in [-0.39, 0.29) is 11.7 Å². The Bertz CT molecular complexity index is 1410. The Morgan fingerprint density at radius 1 is 1.03 bits per heavy atom. The van der Waals surface area contributed by atoms with Crippen LogP contribution in [0.1, 0.15) is 5.56 Å². The number of carbonyl (C=O) groups is 1. The summed E-state index contributed by atoms with van der Waals surface area (Å²) in [5, 5.41) is 11.2. The lowest BCUT2D eigenvalue weighted by molar-refractivity contribution is -0.117. The standard InChI is InChI=1S/C25H21FN6O/c26-18-7-5-16(6-8-18)23-22(15-9-11-28-12-10-15)24(32-31-23)30-25(33)20(27)13-17-14-29-21-4-2-1-3-19(17)21/h1-12,14,20,29H,13,27H2,(H2,30,31,32,33). The van der Waals surface area contributed by atoms with Crippen LogP contribution < -0.4 is 11.1 Å². The molecule has 33 heavy (non-hydrogen) atoms. The third-order valence-corrected chi connectivity index (χ3v) is 5.56. The summed E-state index contributed by atoms with van der Waals surface area (Å²) in [6.45, 7) is 0. The Morgan fingerprint density at radius 2 is 1.79 bits per heavy atom. The molecule has 1 unspecified atom stereocenters. The fraction of sp³-hybridized carbons (Fsp3) is 0.0800. The molecule has 0 bridgehead atoms. The van der Waals surface area contributed by atoms with Gasteiger partial charge in [0.15, 0.2) is 5.82 Å². The molecular weight excluding hydrogens is 419 g/mol. The number of fused-ring (bicyclic) bond motifs is 1. The highest BCUT2D eigenvalue weighted by molar-refractivity contribution is 6.00. The van der Waals surface area contributed by atoms with Crippen molar-refractivity contribution < 1.29 is 9.18 Å². The lowest BCUT2D eigenvalue weighted by Crippen LogP contribution is -2.37. The highest BCUT2D eigenvalue weighted by Gasteiger charge is 2.22. The molecule has 0 fully saturated rings. The second-order valence-corrected chi connectivity index (χ2v) is 7.72. The van der Waals surface area contributed by atoms with Gasteiger partial charge >= 0.3 is 0 Å². The zero-order valence-electron chi connectivity index (χ0n) is 17.5. The first-order valence-electron chi connectivity index (χ1n) is 10.5. The number of aromatic amines is 2. The highest BCUT2D eigenvalue weighted by Crippen LogP contribution is 2.36. The van der Waals surface area contributed by atoms with Gasteiger partial charge in [0, 0.05) is 35.1 Å². The van der Waals surface area contributed by atoms with Crippen molar-refractivity contribution in [2.45, 2.75) is 12.5 Å². The van der Waals surface area contributed by atoms with Gasteiger partial charge in [0.1, 0.15) is 5.82 Å². The molecule has 1 atom stereocenters. The molecule has 0 saturated carbocycles. The molecule has 3 aromatic heterocycles. The molecule has 0 radical (unpaired) electrons. The Morgan fingerprint density at radius 3 is 2.58 bits per heavy atom. The Balaban J connectivity index is 1.44. The van der Waals surface area contributed by atoms with Gasteiger partial charge in [0.05, 0.1) is 17.3 Å². The number of nitrogens with zero attached hydrogens (tertiary/aromatic N) is 2. The predicted octanol–water partition coefficient (Wildman–Crippen LogP) is 4.27. The predicted molar refractivity (Wildman–Crippen MR) is 126 cm³/mol. The average Bonchev–Trinajstić information content (AvgIpc) is 3.44. The van der Waals surface area contributed by atoms with Crippen LogP contribution in [0.15, 0.2) is 79.3 Å². The van der Waals surface area contributed by atoms with E-state index in [9.17, 15) is 9.18 Å². The third-order valence-electron chi connectivity index (χ3n) is 5.56. The smallest absolute Gasteiger partial charge is 0.242 e. The van der Waals surface area contributed by atoms with Crippen molar-refractivity contribution in [3.8, 4) is 22.4 Å². The fourth-order valence-corrected chi connectivity index (χ4v) is 3.90. The normalized spacial score (nSPS) is 12.1. The molecule has 0 aliphatic carbocycles. The van der Waals surface area contributed by atoms with E-state index in [2.05, 4.69) is 25.5 Å². The van der Waals surface area contributed by atoms with E-state index >= 15 is 0 Å². The minimum Gasteiger partial charge on any atom is -0.361 e. The fourth-order valence-electron chi connectivity index (χ4n) is 3.90. The number of pyridine rings is 1. The van der Waals surface area contributed by atoms with E-state index in [1.165, 1.54) is 12.1 Å². The van der Waals surface area contributed by atoms with Crippen LogP contribution in [0.25, 0.3) is 33.3 Å². The number of para-hydroxylation sites is 1. The molecule has 8 heteroatoms. The van der Waals surface area contributed by atoms with E-state index in [1.807, 2.05) is 42.6 Å². The van der Waals surface area contributed by atoms with Gasteiger partial charge in [-0.1, -0.05) is 18.2 Å². The van der Waals surface area contributed by atoms with Gasteiger partial charge in [-0.25, -0.2) is 4.39 Å². The van der Waals surface area contributed by atoms with Crippen LogP contribution in [0, 0.1) is 5.82 Å². The van der Waals surface area contributed by atoms with Crippen molar-refractivity contribution in [3.63, 3.8) is 0 Å². The Kier molecular flexibility index (Phi) is 5.42. The molecular formula is C25H21FN6O. The summed E-state index contributed by atoms with van der Waals surface area (Å²) in [5.41, 5.74) is 11.1. The molecule has 5 rings (SSSR count). The number of amides is 1. The van der Waals surface area contributed by atoms with Crippen molar-refractivity contribution >= 4 is 22.6 Å². The lowest BCUT2D eigenvalue weighted by Gasteiger charge is -2.12. The molecule has 2 aromatic carbocycles. The van der Waals surface area contributed by atoms with E-state index in [1.54, 1.807) is 24.5 Å². The highest BCUT2D eigenvalue weighted by atomic mass is 19.1. The van der Waals surface area contributed by atoms with Crippen LogP contribution in [0.2, 0.25) is 0 Å². The number of hydrogen-bond donors (Lipinski definition) is 4. The molecule has 7 nitrogen and oxygen atoms in total. The summed E-state index contributed by atoms with van der Waals surface area (Å²) < 4.78 is 13.4. The quantitative estimate of drug-likeness (QED) is 0.316. The average molecular weight is 440 g/mol. The van der Waals surface area contributed by atoms with Crippen molar-refractivity contribution in [1.29, 1.82) is 0 Å². The maximum atomic E-state index is 13.4. The maximum Gasteiger partial charge on any atom is 0.242 e. The van der Waals surface area contributed by atoms with E-state index in [0.29, 0.717) is 23.5 Å². The summed E-state index contributed by atoms with van der Waals surface area (Å²) in [7, 11) is 0. The van der Waals surface area contributed by atoms with Crippen molar-refractivity contribution in [2.24, 2.45) is 5.73 Å². The molecule has 0 saturated heterocycles. The zero-order chi connectivity index (χ0) is 22.8. The molecule has 164 valence electrons. The van der Waals surface area contributed by atoms with Gasteiger partial charge in [0.25, 0.3) is 0 Å². The topological polar surface area (TPSA) is 112 Å². The van der Waals surface area contributed by atoms with Crippen LogP contribution in [0.4, 0.5) is 10.2 Å². The largest absolute Gasteiger partial charge is 0.361 e. The Hall–Kier alpha value is -4.30. The number of rotatable bonds is 6. The Labute approximate surface area is 188 Å². The van der Waals surface area contributed by atoms with Gasteiger partial charge in [0.2, 0.25) is 5.91 Å². The van der Waals surface area contributed by atoms with Crippen molar-refractivity contribution in [2.75, 3.05) is 5.32 Å². The van der Waals surface area contributed by atoms with Crippen LogP contribution in [0.5, 0.6) is 0 Å². The van der Waals surface area contributed by atoms with Crippen LogP contribution in [-0.4, -0.2) is 32.1 Å². The monoisotopic (exact) mass is 440 g/mol. The van der Waals surface area contributed by atoms with E-state index < -0.39 is 6.04 Å². The van der Waals surface area contributed by atoms with Gasteiger partial charge in [-0.15, -0.1) is 0 Å². The minimum absolute atomic E-state index is 0.333. The lowest BCUT2D eigenvalue weighted by atomic mass is 10.0. The zero-order valence-corrected chi connectivity index (χ0v) is 17.5.